The number of benzene rings is 5. The molecule has 0 spiro atoms. The molecule has 0 saturated carbocycles. The lowest BCUT2D eigenvalue weighted by atomic mass is 9.92. The van der Waals surface area contributed by atoms with Crippen LogP contribution in [-0.2, 0) is 5.16 Å². The maximum absolute atomic E-state index is 6.12. The second kappa shape index (κ2) is 13.8. The molecule has 0 aliphatic heterocycles. The fraction of sp³-hybridized carbons (Fsp3) is 0.0278. The van der Waals surface area contributed by atoms with Gasteiger partial charge in [-0.25, -0.2) is 4.98 Å². The molecule has 2 nitrogen and oxygen atoms in total. The van der Waals surface area contributed by atoms with Crippen molar-refractivity contribution in [2.24, 2.45) is 0 Å². The van der Waals surface area contributed by atoms with Gasteiger partial charge in [-0.1, -0.05) is 150 Å². The molecule has 41 heavy (non-hydrogen) atoms. The molecule has 0 unspecified atom stereocenters. The normalized spacial score (nSPS) is 11.0. The van der Waals surface area contributed by atoms with Crippen LogP contribution in [0, 0.1) is 0 Å². The molecule has 1 aromatic heterocycles. The van der Waals surface area contributed by atoms with Crippen molar-refractivity contribution in [1.29, 1.82) is 0 Å². The second-order valence-electron chi connectivity index (χ2n) is 9.80. The van der Waals surface area contributed by atoms with Gasteiger partial charge in [-0.05, 0) is 40.0 Å². The van der Waals surface area contributed by atoms with E-state index in [2.05, 4.69) is 151 Å². The number of aromatic nitrogens is 2. The van der Waals surface area contributed by atoms with Gasteiger partial charge in [0.25, 0.3) is 0 Å². The van der Waals surface area contributed by atoms with Gasteiger partial charge in [0.2, 0.25) is 0 Å². The molecule has 0 saturated heterocycles. The quantitative estimate of drug-likeness (QED) is 0.202. The van der Waals surface area contributed by atoms with Crippen LogP contribution >= 0.6 is 11.6 Å². The van der Waals surface area contributed by atoms with Crippen molar-refractivity contribution in [2.75, 3.05) is 0 Å². The van der Waals surface area contributed by atoms with E-state index in [-0.39, 0.29) is 5.16 Å². The van der Waals surface area contributed by atoms with Gasteiger partial charge in [0, 0.05) is 17.4 Å². The van der Waals surface area contributed by atoms with Gasteiger partial charge in [-0.15, -0.1) is 5.98 Å². The highest BCUT2D eigenvalue weighted by molar-refractivity contribution is 6.57. The first-order chi connectivity index (χ1) is 20.2. The Hall–Kier alpha value is -4.38. The highest BCUT2D eigenvalue weighted by Crippen LogP contribution is 2.33. The van der Waals surface area contributed by atoms with E-state index in [4.69, 9.17) is 11.6 Å². The highest BCUT2D eigenvalue weighted by atomic mass is 35.5. The van der Waals surface area contributed by atoms with E-state index in [0.29, 0.717) is 0 Å². The zero-order valence-corrected chi connectivity index (χ0v) is 25.3. The molecular weight excluding hydrogens is 535 g/mol. The van der Waals surface area contributed by atoms with Crippen molar-refractivity contribution < 1.29 is 0 Å². The summed E-state index contributed by atoms with van der Waals surface area (Å²) in [5.74, 6) is 2.16. The number of rotatable bonds is 7. The lowest BCUT2D eigenvalue weighted by Gasteiger charge is -2.37. The summed E-state index contributed by atoms with van der Waals surface area (Å²) in [5.41, 5.74) is 6.39. The Morgan fingerprint density at radius 3 is 1.54 bits per heavy atom. The smallest absolute Gasteiger partial charge is 0.130 e. The largest absolute Gasteiger partial charge is 0.326 e. The van der Waals surface area contributed by atoms with Crippen molar-refractivity contribution in [3.63, 3.8) is 0 Å². The Morgan fingerprint density at radius 2 is 1.12 bits per heavy atom. The summed E-state index contributed by atoms with van der Waals surface area (Å²) in [5, 5.41) is 1.89. The fourth-order valence-electron chi connectivity index (χ4n) is 5.31. The molecule has 0 atom stereocenters. The van der Waals surface area contributed by atoms with Crippen LogP contribution in [0.5, 0.6) is 0 Å². The van der Waals surface area contributed by atoms with Crippen LogP contribution in [0.1, 0.15) is 22.3 Å². The molecule has 0 radical (unpaired) electrons. The molecule has 0 N–H and O–H groups in total. The maximum Gasteiger partial charge on any atom is 0.130 e. The van der Waals surface area contributed by atoms with E-state index in [1.165, 1.54) is 33.0 Å². The lowest BCUT2D eigenvalue weighted by Crippen LogP contribution is -2.46. The minimum atomic E-state index is -0.821. The summed E-state index contributed by atoms with van der Waals surface area (Å²) < 4.78 is 2.26. The average molecular weight is 567 g/mol. The average Bonchev–Trinajstić information content (AvgIpc) is 3.59. The predicted octanol–water partition coefficient (Wildman–Crippen LogP) is 6.49. The molecule has 0 bridgehead atoms. The fourth-order valence-corrected chi connectivity index (χ4v) is 7.74. The molecule has 200 valence electrons. The Morgan fingerprint density at radius 1 is 0.659 bits per heavy atom. The third-order valence-electron chi connectivity index (χ3n) is 7.28. The van der Waals surface area contributed by atoms with E-state index in [9.17, 15) is 0 Å². The molecule has 5 heteroatoms. The van der Waals surface area contributed by atoms with Crippen molar-refractivity contribution in [2.45, 2.75) is 5.16 Å². The lowest BCUT2D eigenvalue weighted by molar-refractivity contribution is 0.596. The second-order valence-corrected chi connectivity index (χ2v) is 12.4. The van der Waals surface area contributed by atoms with E-state index >= 15 is 0 Å². The monoisotopic (exact) mass is 566 g/mol. The van der Waals surface area contributed by atoms with Crippen LogP contribution in [0.4, 0.5) is 0 Å². The van der Waals surface area contributed by atoms with Gasteiger partial charge < -0.3 is 4.57 Å². The SMILES string of the molecule is BC=C(c1ccccc1)c1ccccc1.Clc1ccc([SiH2]C(c2ccccc2)(c2ccccc2)n2ccnc2)cc1. The van der Waals surface area contributed by atoms with Crippen LogP contribution < -0.4 is 5.19 Å². The number of halogens is 1. The van der Waals surface area contributed by atoms with Crippen LogP contribution in [-0.4, -0.2) is 26.9 Å². The first-order valence-electron chi connectivity index (χ1n) is 13.8. The Balaban J connectivity index is 0.000000191. The number of hydrogen-bond acceptors (Lipinski definition) is 1. The third-order valence-corrected chi connectivity index (χ3v) is 10.1. The van der Waals surface area contributed by atoms with E-state index < -0.39 is 9.52 Å². The standard InChI is InChI=1S/C22H19ClN2Si.C14H13B/c23-20-11-13-21(14-12-20)26-22(25-16-15-24-17-25,18-7-3-1-4-8-18)19-9-5-2-6-10-19;15-11-14(12-7-3-1-4-8-12)13-9-5-2-6-10-13/h1-17H,26H2;1-11H,15H2. The van der Waals surface area contributed by atoms with Crippen LogP contribution in [0.3, 0.4) is 0 Å². The highest BCUT2D eigenvalue weighted by Gasteiger charge is 2.36. The number of imidazole rings is 1. The molecule has 0 aliphatic carbocycles. The van der Waals surface area contributed by atoms with Gasteiger partial charge in [-0.2, -0.15) is 0 Å². The predicted molar refractivity (Wildman–Crippen MR) is 179 cm³/mol. The van der Waals surface area contributed by atoms with Gasteiger partial charge in [0.15, 0.2) is 0 Å². The zero-order valence-electron chi connectivity index (χ0n) is 23.1. The summed E-state index contributed by atoms with van der Waals surface area (Å²) in [4.78, 5) is 4.36. The molecule has 1 heterocycles. The Labute approximate surface area is 251 Å². The van der Waals surface area contributed by atoms with E-state index in [1.807, 2.05) is 36.8 Å². The number of hydrogen-bond donors (Lipinski definition) is 0. The van der Waals surface area contributed by atoms with E-state index in [0.717, 1.165) is 5.02 Å². The summed E-state index contributed by atoms with van der Waals surface area (Å²) >= 11 is 6.12. The van der Waals surface area contributed by atoms with Crippen molar-refractivity contribution in [3.8, 4) is 0 Å². The minimum Gasteiger partial charge on any atom is -0.326 e. The maximum atomic E-state index is 6.12. The van der Waals surface area contributed by atoms with E-state index in [1.54, 1.807) is 0 Å². The summed E-state index contributed by atoms with van der Waals surface area (Å²) in [6, 6.07) is 50.7. The minimum absolute atomic E-state index is 0.243. The van der Waals surface area contributed by atoms with Crippen molar-refractivity contribution in [3.05, 3.63) is 198 Å². The van der Waals surface area contributed by atoms with Crippen molar-refractivity contribution >= 4 is 39.7 Å². The summed E-state index contributed by atoms with van der Waals surface area (Å²) in [6.45, 7) is 0. The molecular formula is C36H32BClN2Si. The summed E-state index contributed by atoms with van der Waals surface area (Å²) in [7, 11) is 1.26. The first kappa shape index (κ1) is 28.2. The van der Waals surface area contributed by atoms with Crippen LogP contribution in [0.2, 0.25) is 5.02 Å². The molecule has 6 aromatic rings. The molecule has 0 aliphatic rings. The Bertz CT molecular complexity index is 1560. The van der Waals surface area contributed by atoms with Crippen LogP contribution in [0.15, 0.2) is 170 Å². The number of nitrogens with zero attached hydrogens (tertiary/aromatic N) is 2. The Kier molecular flexibility index (Phi) is 9.48. The third kappa shape index (κ3) is 6.68. The molecule has 0 fully saturated rings. The zero-order chi connectivity index (χ0) is 28.3. The molecule has 0 amide bonds. The van der Waals surface area contributed by atoms with Crippen LogP contribution in [0.25, 0.3) is 5.57 Å². The summed E-state index contributed by atoms with van der Waals surface area (Å²) in [6.07, 6.45) is 5.86. The van der Waals surface area contributed by atoms with Crippen molar-refractivity contribution in [1.82, 2.24) is 9.55 Å². The van der Waals surface area contributed by atoms with Gasteiger partial charge in [-0.3, -0.25) is 0 Å². The van der Waals surface area contributed by atoms with Gasteiger partial charge in [0.05, 0.1) is 21.0 Å². The van der Waals surface area contributed by atoms with Gasteiger partial charge in [0.1, 0.15) is 7.85 Å². The molecule has 5 aromatic carbocycles. The van der Waals surface area contributed by atoms with Gasteiger partial charge >= 0.3 is 0 Å². The topological polar surface area (TPSA) is 17.8 Å². The molecule has 6 rings (SSSR count). The first-order valence-corrected chi connectivity index (χ1v) is 15.6.